The zero-order chi connectivity index (χ0) is 12.0. The minimum Gasteiger partial charge on any atom is -0.378 e. The lowest BCUT2D eigenvalue weighted by molar-refractivity contribution is -0.122. The van der Waals surface area contributed by atoms with Crippen LogP contribution in [0.1, 0.15) is 40.0 Å². The van der Waals surface area contributed by atoms with Crippen LogP contribution in [0.4, 0.5) is 0 Å². The van der Waals surface area contributed by atoms with Gasteiger partial charge in [0.1, 0.15) is 0 Å². The van der Waals surface area contributed by atoms with Crippen molar-refractivity contribution in [2.75, 3.05) is 13.2 Å². The molecule has 0 aromatic carbocycles. The van der Waals surface area contributed by atoms with Gasteiger partial charge in [-0.25, -0.2) is 0 Å². The molecule has 1 aliphatic rings. The lowest BCUT2D eigenvalue weighted by Crippen LogP contribution is -2.50. The standard InChI is InChI=1S/C12H24N2O2/c1-4-9(3)13-8-12(15)14-10-6-11(7-10)16-5-2/h9-11,13H,4-8H2,1-3H3,(H,14,15). The second kappa shape index (κ2) is 6.86. The minimum atomic E-state index is 0.0975. The Bertz CT molecular complexity index is 215. The normalized spacial score (nSPS) is 25.9. The van der Waals surface area contributed by atoms with Gasteiger partial charge < -0.3 is 15.4 Å². The van der Waals surface area contributed by atoms with Gasteiger partial charge in [0, 0.05) is 18.7 Å². The molecule has 94 valence electrons. The molecular formula is C12H24N2O2. The van der Waals surface area contributed by atoms with Crippen LogP contribution in [0.5, 0.6) is 0 Å². The van der Waals surface area contributed by atoms with Crippen LogP contribution in [0.15, 0.2) is 0 Å². The molecule has 0 spiro atoms. The van der Waals surface area contributed by atoms with Gasteiger partial charge in [-0.05, 0) is 33.1 Å². The molecule has 0 aliphatic heterocycles. The molecule has 0 bridgehead atoms. The number of ether oxygens (including phenoxy) is 1. The van der Waals surface area contributed by atoms with E-state index in [0.29, 0.717) is 24.7 Å². The predicted molar refractivity (Wildman–Crippen MR) is 64.3 cm³/mol. The number of carbonyl (C=O) groups is 1. The van der Waals surface area contributed by atoms with Crippen molar-refractivity contribution >= 4 is 5.91 Å². The van der Waals surface area contributed by atoms with Crippen LogP contribution in [0.25, 0.3) is 0 Å². The summed E-state index contributed by atoms with van der Waals surface area (Å²) < 4.78 is 5.44. The molecule has 0 saturated heterocycles. The molecule has 0 radical (unpaired) electrons. The van der Waals surface area contributed by atoms with Gasteiger partial charge in [-0.15, -0.1) is 0 Å². The van der Waals surface area contributed by atoms with E-state index in [-0.39, 0.29) is 5.91 Å². The van der Waals surface area contributed by atoms with Crippen molar-refractivity contribution in [3.8, 4) is 0 Å². The molecule has 0 aromatic heterocycles. The Labute approximate surface area is 98.1 Å². The first-order valence-electron chi connectivity index (χ1n) is 6.30. The topological polar surface area (TPSA) is 50.4 Å². The zero-order valence-corrected chi connectivity index (χ0v) is 10.6. The van der Waals surface area contributed by atoms with Gasteiger partial charge in [-0.1, -0.05) is 6.92 Å². The number of amides is 1. The van der Waals surface area contributed by atoms with Gasteiger partial charge in [0.15, 0.2) is 0 Å². The fourth-order valence-corrected chi connectivity index (χ4v) is 1.75. The number of hydrogen-bond acceptors (Lipinski definition) is 3. The average Bonchev–Trinajstić information content (AvgIpc) is 2.23. The van der Waals surface area contributed by atoms with E-state index in [0.717, 1.165) is 25.9 Å². The first kappa shape index (κ1) is 13.5. The van der Waals surface area contributed by atoms with Crippen molar-refractivity contribution in [1.82, 2.24) is 10.6 Å². The van der Waals surface area contributed by atoms with E-state index in [4.69, 9.17) is 4.74 Å². The highest BCUT2D eigenvalue weighted by atomic mass is 16.5. The Hall–Kier alpha value is -0.610. The van der Waals surface area contributed by atoms with Crippen molar-refractivity contribution in [3.63, 3.8) is 0 Å². The Morgan fingerprint density at radius 1 is 1.44 bits per heavy atom. The van der Waals surface area contributed by atoms with E-state index in [1.165, 1.54) is 0 Å². The minimum absolute atomic E-state index is 0.0975. The van der Waals surface area contributed by atoms with Crippen molar-refractivity contribution in [2.24, 2.45) is 0 Å². The third-order valence-electron chi connectivity index (χ3n) is 3.09. The summed E-state index contributed by atoms with van der Waals surface area (Å²) in [6.45, 7) is 7.38. The van der Waals surface area contributed by atoms with E-state index >= 15 is 0 Å². The van der Waals surface area contributed by atoms with Gasteiger partial charge in [0.05, 0.1) is 12.6 Å². The maximum atomic E-state index is 11.5. The van der Waals surface area contributed by atoms with Gasteiger partial charge in [-0.3, -0.25) is 4.79 Å². The highest BCUT2D eigenvalue weighted by Gasteiger charge is 2.30. The predicted octanol–water partition coefficient (Wildman–Crippen LogP) is 1.06. The van der Waals surface area contributed by atoms with E-state index in [9.17, 15) is 4.79 Å². The second-order valence-electron chi connectivity index (χ2n) is 4.50. The molecular weight excluding hydrogens is 204 g/mol. The fourth-order valence-electron chi connectivity index (χ4n) is 1.75. The van der Waals surface area contributed by atoms with Crippen molar-refractivity contribution in [3.05, 3.63) is 0 Å². The summed E-state index contributed by atoms with van der Waals surface area (Å²) in [5, 5.41) is 6.18. The summed E-state index contributed by atoms with van der Waals surface area (Å²) in [7, 11) is 0. The molecule has 0 heterocycles. The van der Waals surface area contributed by atoms with Gasteiger partial charge in [0.2, 0.25) is 5.91 Å². The first-order chi connectivity index (χ1) is 7.65. The summed E-state index contributed by atoms with van der Waals surface area (Å²) in [6, 6.07) is 0.728. The van der Waals surface area contributed by atoms with Crippen LogP contribution < -0.4 is 10.6 Å². The maximum absolute atomic E-state index is 11.5. The number of rotatable bonds is 7. The maximum Gasteiger partial charge on any atom is 0.234 e. The smallest absolute Gasteiger partial charge is 0.234 e. The number of carbonyl (C=O) groups excluding carboxylic acids is 1. The largest absolute Gasteiger partial charge is 0.378 e. The van der Waals surface area contributed by atoms with Crippen molar-refractivity contribution < 1.29 is 9.53 Å². The van der Waals surface area contributed by atoms with E-state index in [1.807, 2.05) is 6.92 Å². The molecule has 16 heavy (non-hydrogen) atoms. The highest BCUT2D eigenvalue weighted by molar-refractivity contribution is 5.78. The summed E-state index contributed by atoms with van der Waals surface area (Å²) in [5.74, 6) is 0.0975. The van der Waals surface area contributed by atoms with Crippen LogP contribution in [0, 0.1) is 0 Å². The molecule has 2 N–H and O–H groups in total. The average molecular weight is 228 g/mol. The molecule has 1 atom stereocenters. The number of hydrogen-bond donors (Lipinski definition) is 2. The third-order valence-corrected chi connectivity index (χ3v) is 3.09. The van der Waals surface area contributed by atoms with Gasteiger partial charge in [-0.2, -0.15) is 0 Å². The molecule has 1 fully saturated rings. The monoisotopic (exact) mass is 228 g/mol. The van der Waals surface area contributed by atoms with Crippen LogP contribution in [0.2, 0.25) is 0 Å². The van der Waals surface area contributed by atoms with Crippen molar-refractivity contribution in [2.45, 2.75) is 58.2 Å². The second-order valence-corrected chi connectivity index (χ2v) is 4.50. The molecule has 1 saturated carbocycles. The molecule has 0 aromatic rings. The molecule has 1 amide bonds. The molecule has 4 nitrogen and oxygen atoms in total. The Balaban J connectivity index is 2.03. The van der Waals surface area contributed by atoms with E-state index in [2.05, 4.69) is 24.5 Å². The Morgan fingerprint density at radius 3 is 2.69 bits per heavy atom. The van der Waals surface area contributed by atoms with E-state index < -0.39 is 0 Å². The van der Waals surface area contributed by atoms with Crippen LogP contribution in [0.3, 0.4) is 0 Å². The van der Waals surface area contributed by atoms with E-state index in [1.54, 1.807) is 0 Å². The van der Waals surface area contributed by atoms with Gasteiger partial charge >= 0.3 is 0 Å². The molecule has 1 rings (SSSR count). The third kappa shape index (κ3) is 4.49. The number of nitrogens with one attached hydrogen (secondary N) is 2. The fraction of sp³-hybridized carbons (Fsp3) is 0.917. The summed E-state index contributed by atoms with van der Waals surface area (Å²) in [4.78, 5) is 11.5. The molecule has 1 aliphatic carbocycles. The van der Waals surface area contributed by atoms with Crippen LogP contribution in [-0.4, -0.2) is 37.2 Å². The quantitative estimate of drug-likeness (QED) is 0.685. The SMILES string of the molecule is CCOC1CC(NC(=O)CNC(C)CC)C1. The highest BCUT2D eigenvalue weighted by Crippen LogP contribution is 2.22. The van der Waals surface area contributed by atoms with Crippen molar-refractivity contribution in [1.29, 1.82) is 0 Å². The summed E-state index contributed by atoms with van der Waals surface area (Å²) >= 11 is 0. The lowest BCUT2D eigenvalue weighted by Gasteiger charge is -2.35. The summed E-state index contributed by atoms with van der Waals surface area (Å²) in [6.07, 6.45) is 3.33. The van der Waals surface area contributed by atoms with Crippen LogP contribution in [-0.2, 0) is 9.53 Å². The molecule has 4 heteroatoms. The van der Waals surface area contributed by atoms with Crippen LogP contribution >= 0.6 is 0 Å². The Kier molecular flexibility index (Phi) is 5.77. The zero-order valence-electron chi connectivity index (χ0n) is 10.6. The van der Waals surface area contributed by atoms with Gasteiger partial charge in [0.25, 0.3) is 0 Å². The first-order valence-corrected chi connectivity index (χ1v) is 6.30. The lowest BCUT2D eigenvalue weighted by atomic mass is 9.89. The molecule has 1 unspecified atom stereocenters. The summed E-state index contributed by atoms with van der Waals surface area (Å²) in [5.41, 5.74) is 0. The Morgan fingerprint density at radius 2 is 2.12 bits per heavy atom.